The average Bonchev–Trinajstić information content (AvgIpc) is 3.12. The highest BCUT2D eigenvalue weighted by Gasteiger charge is 2.28. The molecule has 1 aliphatic heterocycles. The summed E-state index contributed by atoms with van der Waals surface area (Å²) < 4.78 is 3.11. The molecule has 1 aliphatic carbocycles. The van der Waals surface area contributed by atoms with Crippen molar-refractivity contribution in [3.05, 3.63) is 22.4 Å². The number of likely N-dealkylation sites (tertiary alicyclic amines) is 1. The van der Waals surface area contributed by atoms with Crippen molar-refractivity contribution in [2.45, 2.75) is 37.8 Å². The molecule has 1 amide bonds. The Morgan fingerprint density at radius 3 is 2.89 bits per heavy atom. The highest BCUT2D eigenvalue weighted by Crippen LogP contribution is 2.37. The largest absolute Gasteiger partial charge is 0.347 e. The van der Waals surface area contributed by atoms with Crippen molar-refractivity contribution in [3.8, 4) is 0 Å². The zero-order chi connectivity index (χ0) is 13.4. The van der Waals surface area contributed by atoms with Crippen LogP contribution in [0, 0.1) is 0 Å². The first-order valence-corrected chi connectivity index (χ1v) is 7.79. The molecule has 1 aromatic rings. The Balaban J connectivity index is 1.69. The molecule has 1 aromatic heterocycles. The minimum atomic E-state index is 0.0675. The van der Waals surface area contributed by atoms with Crippen LogP contribution in [0.15, 0.2) is 16.7 Å². The zero-order valence-electron chi connectivity index (χ0n) is 11.2. The number of aromatic nitrogens is 1. The minimum absolute atomic E-state index is 0.0675. The van der Waals surface area contributed by atoms with Crippen molar-refractivity contribution < 1.29 is 4.79 Å². The highest BCUT2D eigenvalue weighted by atomic mass is 79.9. The van der Waals surface area contributed by atoms with Crippen LogP contribution in [0.3, 0.4) is 0 Å². The number of halogens is 1. The van der Waals surface area contributed by atoms with Crippen LogP contribution >= 0.6 is 15.9 Å². The van der Waals surface area contributed by atoms with Crippen molar-refractivity contribution >= 4 is 21.8 Å². The van der Waals surface area contributed by atoms with Gasteiger partial charge in [0.15, 0.2) is 0 Å². The molecule has 3 rings (SSSR count). The van der Waals surface area contributed by atoms with Crippen LogP contribution in [0.4, 0.5) is 0 Å². The van der Waals surface area contributed by atoms with Gasteiger partial charge in [-0.05, 0) is 61.3 Å². The number of hydrogen-bond donors (Lipinski definition) is 1. The minimum Gasteiger partial charge on any atom is -0.347 e. The number of nitrogens with one attached hydrogen (secondary N) is 1. The third-order valence-corrected chi connectivity index (χ3v) is 4.38. The smallest absolute Gasteiger partial charge is 0.268 e. The van der Waals surface area contributed by atoms with Crippen LogP contribution in [-0.2, 0) is 0 Å². The first-order valence-electron chi connectivity index (χ1n) is 7.00. The molecule has 0 bridgehead atoms. The summed E-state index contributed by atoms with van der Waals surface area (Å²) in [7, 11) is 2.11. The van der Waals surface area contributed by atoms with Gasteiger partial charge in [-0.15, -0.1) is 0 Å². The zero-order valence-corrected chi connectivity index (χ0v) is 12.8. The summed E-state index contributed by atoms with van der Waals surface area (Å²) in [5.74, 6) is 0.0675. The summed E-state index contributed by atoms with van der Waals surface area (Å²) in [6.07, 6.45) is 6.65. The number of nitrogens with zero attached hydrogens (tertiary/aromatic N) is 2. The third kappa shape index (κ3) is 3.03. The monoisotopic (exact) mass is 325 g/mol. The lowest BCUT2D eigenvalue weighted by Gasteiger charge is -2.30. The Bertz CT molecular complexity index is 481. The number of carbonyl (C=O) groups excluding carboxylic acids is 1. The summed E-state index contributed by atoms with van der Waals surface area (Å²) in [5, 5.41) is 3.18. The molecule has 0 radical (unpaired) electrons. The van der Waals surface area contributed by atoms with Crippen molar-refractivity contribution in [1.82, 2.24) is 14.8 Å². The van der Waals surface area contributed by atoms with Crippen LogP contribution in [0.5, 0.6) is 0 Å². The number of likely N-dealkylation sites (N-methyl/N-ethyl adjacent to an activating group) is 1. The maximum absolute atomic E-state index is 12.4. The highest BCUT2D eigenvalue weighted by molar-refractivity contribution is 9.10. The molecule has 1 saturated heterocycles. The van der Waals surface area contributed by atoms with Gasteiger partial charge in [-0.3, -0.25) is 4.79 Å². The summed E-state index contributed by atoms with van der Waals surface area (Å²) >= 11 is 3.47. The molecule has 4 nitrogen and oxygen atoms in total. The third-order valence-electron chi connectivity index (χ3n) is 3.95. The Labute approximate surface area is 122 Å². The number of hydrogen-bond acceptors (Lipinski definition) is 2. The van der Waals surface area contributed by atoms with Crippen molar-refractivity contribution in [3.63, 3.8) is 0 Å². The van der Waals surface area contributed by atoms with Crippen LogP contribution in [-0.4, -0.2) is 41.6 Å². The van der Waals surface area contributed by atoms with Gasteiger partial charge in [0.05, 0.1) is 0 Å². The van der Waals surface area contributed by atoms with Gasteiger partial charge in [-0.2, -0.15) is 0 Å². The van der Waals surface area contributed by atoms with E-state index in [1.807, 2.05) is 12.3 Å². The Morgan fingerprint density at radius 1 is 1.42 bits per heavy atom. The van der Waals surface area contributed by atoms with E-state index in [-0.39, 0.29) is 11.9 Å². The van der Waals surface area contributed by atoms with Crippen LogP contribution in [0.2, 0.25) is 0 Å². The molecule has 1 N–H and O–H groups in total. The molecule has 104 valence electrons. The van der Waals surface area contributed by atoms with Crippen molar-refractivity contribution in [2.75, 3.05) is 20.1 Å². The molecular formula is C14H20BrN3O. The normalized spacial score (nSPS) is 24.4. The van der Waals surface area contributed by atoms with E-state index < -0.39 is 0 Å². The van der Waals surface area contributed by atoms with E-state index in [4.69, 9.17) is 0 Å². The fraction of sp³-hybridized carbons (Fsp3) is 0.643. The van der Waals surface area contributed by atoms with Gasteiger partial charge in [-0.1, -0.05) is 0 Å². The second kappa shape index (κ2) is 5.29. The summed E-state index contributed by atoms with van der Waals surface area (Å²) in [4.78, 5) is 14.7. The predicted molar refractivity (Wildman–Crippen MR) is 78.4 cm³/mol. The Morgan fingerprint density at radius 2 is 2.21 bits per heavy atom. The maximum atomic E-state index is 12.4. The maximum Gasteiger partial charge on any atom is 0.268 e. The molecule has 19 heavy (non-hydrogen) atoms. The van der Waals surface area contributed by atoms with E-state index in [9.17, 15) is 4.79 Å². The van der Waals surface area contributed by atoms with Crippen LogP contribution in [0.25, 0.3) is 0 Å². The fourth-order valence-corrected chi connectivity index (χ4v) is 3.26. The van der Waals surface area contributed by atoms with E-state index in [1.54, 1.807) is 0 Å². The van der Waals surface area contributed by atoms with Gasteiger partial charge in [0.25, 0.3) is 5.91 Å². The molecular weight excluding hydrogens is 306 g/mol. The van der Waals surface area contributed by atoms with Gasteiger partial charge in [0.2, 0.25) is 0 Å². The quantitative estimate of drug-likeness (QED) is 0.926. The topological polar surface area (TPSA) is 37.3 Å². The van der Waals surface area contributed by atoms with E-state index in [1.165, 1.54) is 12.8 Å². The second-order valence-corrected chi connectivity index (χ2v) is 6.67. The number of carbonyl (C=O) groups is 1. The first kappa shape index (κ1) is 13.2. The Kier molecular flexibility index (Phi) is 3.67. The van der Waals surface area contributed by atoms with Gasteiger partial charge in [0, 0.05) is 29.3 Å². The Hall–Kier alpha value is -0.810. The van der Waals surface area contributed by atoms with E-state index >= 15 is 0 Å². The van der Waals surface area contributed by atoms with Gasteiger partial charge in [-0.25, -0.2) is 0 Å². The van der Waals surface area contributed by atoms with Gasteiger partial charge in [0.1, 0.15) is 5.69 Å². The number of piperidine rings is 1. The second-order valence-electron chi connectivity index (χ2n) is 5.76. The van der Waals surface area contributed by atoms with Crippen molar-refractivity contribution in [1.29, 1.82) is 0 Å². The fourth-order valence-electron chi connectivity index (χ4n) is 2.83. The standard InChI is InChI=1S/C14H20BrN3O/c1-17-6-2-3-11(9-17)16-14(19)13-7-10(15)8-18(13)12-4-5-12/h7-8,11-12H,2-6,9H2,1H3,(H,16,19). The molecule has 2 fully saturated rings. The van der Waals surface area contributed by atoms with Crippen LogP contribution in [0.1, 0.15) is 42.2 Å². The lowest BCUT2D eigenvalue weighted by Crippen LogP contribution is -2.46. The molecule has 0 aromatic carbocycles. The van der Waals surface area contributed by atoms with E-state index in [2.05, 4.69) is 37.8 Å². The van der Waals surface area contributed by atoms with E-state index in [0.717, 1.165) is 36.1 Å². The molecule has 2 aliphatic rings. The molecule has 1 atom stereocenters. The molecule has 5 heteroatoms. The molecule has 2 heterocycles. The summed E-state index contributed by atoms with van der Waals surface area (Å²) in [6, 6.07) is 2.74. The van der Waals surface area contributed by atoms with E-state index in [0.29, 0.717) is 6.04 Å². The van der Waals surface area contributed by atoms with Crippen LogP contribution < -0.4 is 5.32 Å². The average molecular weight is 326 g/mol. The lowest BCUT2D eigenvalue weighted by atomic mass is 10.1. The van der Waals surface area contributed by atoms with Gasteiger partial charge < -0.3 is 14.8 Å². The SMILES string of the molecule is CN1CCCC(NC(=O)c2cc(Br)cn2C2CC2)C1. The predicted octanol–water partition coefficient (Wildman–Crippen LogP) is 2.41. The number of amides is 1. The molecule has 1 unspecified atom stereocenters. The number of rotatable bonds is 3. The van der Waals surface area contributed by atoms with Crippen molar-refractivity contribution in [2.24, 2.45) is 0 Å². The molecule has 0 spiro atoms. The van der Waals surface area contributed by atoms with Gasteiger partial charge >= 0.3 is 0 Å². The lowest BCUT2D eigenvalue weighted by molar-refractivity contribution is 0.0903. The summed E-state index contributed by atoms with van der Waals surface area (Å²) in [5.41, 5.74) is 0.794. The first-order chi connectivity index (χ1) is 9.13. The summed E-state index contributed by atoms with van der Waals surface area (Å²) in [6.45, 7) is 2.09. The molecule has 1 saturated carbocycles.